The zero-order chi connectivity index (χ0) is 16.7. The van der Waals surface area contributed by atoms with Crippen molar-refractivity contribution in [1.82, 2.24) is 15.0 Å². The van der Waals surface area contributed by atoms with Crippen molar-refractivity contribution < 1.29 is 0 Å². The predicted molar refractivity (Wildman–Crippen MR) is 102 cm³/mol. The number of thiazole rings is 1. The lowest BCUT2D eigenvalue weighted by atomic mass is 10.3. The zero-order valence-corrected chi connectivity index (χ0v) is 15.5. The number of aryl methyl sites for hydroxylation is 2. The molecule has 23 heavy (non-hydrogen) atoms. The molecule has 0 aliphatic carbocycles. The minimum Gasteiger partial charge on any atom is -0.263 e. The van der Waals surface area contributed by atoms with E-state index in [1.807, 2.05) is 31.5 Å². The van der Waals surface area contributed by atoms with Gasteiger partial charge in [0.1, 0.15) is 4.83 Å². The second kappa shape index (κ2) is 8.70. The highest BCUT2D eigenvalue weighted by Crippen LogP contribution is 2.21. The first kappa shape index (κ1) is 17.5. The Balaban J connectivity index is 0.000000143. The largest absolute Gasteiger partial charge is 0.263 e. The van der Waals surface area contributed by atoms with Gasteiger partial charge in [-0.05, 0) is 32.0 Å². The van der Waals surface area contributed by atoms with Gasteiger partial charge in [-0.15, -0.1) is 22.7 Å². The maximum atomic E-state index is 4.29. The average molecular weight is 344 g/mol. The zero-order valence-electron chi connectivity index (χ0n) is 13.9. The van der Waals surface area contributed by atoms with Gasteiger partial charge in [0, 0.05) is 28.9 Å². The standard InChI is InChI=1S/C8H7NS.C7H6N2S.C3H8/c1-6-5-7-3-2-4-9-8(7)10-6;1-5-9-6-2-3-8-4-7(6)10-5;1-3-2/h2-5H,1H3;2-4H,1H3;3H2,1-2H3. The molecule has 0 atom stereocenters. The second-order valence-corrected chi connectivity index (χ2v) is 7.51. The first-order valence-electron chi connectivity index (χ1n) is 7.62. The van der Waals surface area contributed by atoms with E-state index >= 15 is 0 Å². The number of fused-ring (bicyclic) bond motifs is 2. The molecule has 4 heterocycles. The minimum absolute atomic E-state index is 1.05. The maximum Gasteiger partial charge on any atom is 0.123 e. The van der Waals surface area contributed by atoms with Crippen LogP contribution in [0, 0.1) is 13.8 Å². The first-order chi connectivity index (χ1) is 11.1. The molecule has 0 radical (unpaired) electrons. The van der Waals surface area contributed by atoms with E-state index < -0.39 is 0 Å². The van der Waals surface area contributed by atoms with Crippen LogP contribution in [0.4, 0.5) is 0 Å². The van der Waals surface area contributed by atoms with Gasteiger partial charge in [-0.25, -0.2) is 9.97 Å². The summed E-state index contributed by atoms with van der Waals surface area (Å²) in [7, 11) is 0. The van der Waals surface area contributed by atoms with Gasteiger partial charge in [0.05, 0.1) is 15.2 Å². The van der Waals surface area contributed by atoms with Crippen molar-refractivity contribution >= 4 is 43.1 Å². The van der Waals surface area contributed by atoms with E-state index in [1.54, 1.807) is 28.9 Å². The van der Waals surface area contributed by atoms with E-state index in [-0.39, 0.29) is 0 Å². The Morgan fingerprint density at radius 2 is 1.83 bits per heavy atom. The molecule has 0 aliphatic heterocycles. The summed E-state index contributed by atoms with van der Waals surface area (Å²) in [6.45, 7) is 8.36. The number of hydrogen-bond donors (Lipinski definition) is 0. The third-order valence-corrected chi connectivity index (χ3v) is 4.61. The van der Waals surface area contributed by atoms with E-state index in [9.17, 15) is 0 Å². The van der Waals surface area contributed by atoms with Gasteiger partial charge < -0.3 is 0 Å². The van der Waals surface area contributed by atoms with Crippen molar-refractivity contribution in [2.75, 3.05) is 0 Å². The van der Waals surface area contributed by atoms with Crippen molar-refractivity contribution in [3.63, 3.8) is 0 Å². The molecule has 4 rings (SSSR count). The lowest BCUT2D eigenvalue weighted by molar-refractivity contribution is 1.09. The molecule has 0 amide bonds. The topological polar surface area (TPSA) is 38.7 Å². The summed E-state index contributed by atoms with van der Waals surface area (Å²) in [5.41, 5.74) is 1.05. The fourth-order valence-corrected chi connectivity index (χ4v) is 3.54. The first-order valence-corrected chi connectivity index (χ1v) is 9.25. The molecule has 0 spiro atoms. The van der Waals surface area contributed by atoms with Gasteiger partial charge in [0.25, 0.3) is 0 Å². The summed E-state index contributed by atoms with van der Waals surface area (Å²) in [6, 6.07) is 8.14. The van der Waals surface area contributed by atoms with E-state index in [4.69, 9.17) is 0 Å². The van der Waals surface area contributed by atoms with Crippen molar-refractivity contribution in [3.8, 4) is 0 Å². The second-order valence-electron chi connectivity index (χ2n) is 5.04. The van der Waals surface area contributed by atoms with Crippen LogP contribution in [0.3, 0.4) is 0 Å². The highest BCUT2D eigenvalue weighted by atomic mass is 32.1. The number of nitrogens with zero attached hydrogens (tertiary/aromatic N) is 3. The molecule has 0 fully saturated rings. The maximum absolute atomic E-state index is 4.29. The molecule has 0 aromatic carbocycles. The van der Waals surface area contributed by atoms with Gasteiger partial charge >= 0.3 is 0 Å². The van der Waals surface area contributed by atoms with Crippen LogP contribution in [-0.2, 0) is 0 Å². The van der Waals surface area contributed by atoms with Crippen molar-refractivity contribution in [1.29, 1.82) is 0 Å². The van der Waals surface area contributed by atoms with Crippen LogP contribution < -0.4 is 0 Å². The Hall–Kier alpha value is -1.85. The molecular formula is C18H21N3S2. The fourth-order valence-electron chi connectivity index (χ4n) is 1.89. The minimum atomic E-state index is 1.05. The summed E-state index contributed by atoms with van der Waals surface area (Å²) in [5.74, 6) is 0. The summed E-state index contributed by atoms with van der Waals surface area (Å²) >= 11 is 3.42. The molecule has 0 unspecified atom stereocenters. The van der Waals surface area contributed by atoms with Crippen LogP contribution >= 0.6 is 22.7 Å². The van der Waals surface area contributed by atoms with Crippen LogP contribution in [-0.4, -0.2) is 15.0 Å². The molecule has 0 saturated carbocycles. The van der Waals surface area contributed by atoms with E-state index in [1.165, 1.54) is 21.4 Å². The average Bonchev–Trinajstić information content (AvgIpc) is 3.08. The SMILES string of the molecule is CCC.Cc1cc2cccnc2s1.Cc1nc2ccncc2s1. The number of rotatable bonds is 0. The van der Waals surface area contributed by atoms with Gasteiger partial charge in [-0.1, -0.05) is 26.3 Å². The van der Waals surface area contributed by atoms with Gasteiger partial charge in [0.2, 0.25) is 0 Å². The summed E-state index contributed by atoms with van der Waals surface area (Å²) in [6.07, 6.45) is 6.69. The van der Waals surface area contributed by atoms with Gasteiger partial charge in [-0.3, -0.25) is 4.98 Å². The molecular weight excluding hydrogens is 322 g/mol. The lowest BCUT2D eigenvalue weighted by Gasteiger charge is -1.81. The third kappa shape index (κ3) is 5.08. The highest BCUT2D eigenvalue weighted by molar-refractivity contribution is 7.18. The normalized spacial score (nSPS) is 9.91. The molecule has 4 aromatic heterocycles. The fraction of sp³-hybridized carbons (Fsp3) is 0.278. The van der Waals surface area contributed by atoms with Crippen LogP contribution in [0.2, 0.25) is 0 Å². The number of pyridine rings is 2. The van der Waals surface area contributed by atoms with E-state index in [2.05, 4.69) is 47.9 Å². The Morgan fingerprint density at radius 1 is 1.04 bits per heavy atom. The molecule has 120 valence electrons. The smallest absolute Gasteiger partial charge is 0.123 e. The highest BCUT2D eigenvalue weighted by Gasteiger charge is 1.96. The molecule has 0 bridgehead atoms. The third-order valence-electron chi connectivity index (χ3n) is 2.72. The Morgan fingerprint density at radius 3 is 2.52 bits per heavy atom. The van der Waals surface area contributed by atoms with Crippen LogP contribution in [0.25, 0.3) is 20.4 Å². The summed E-state index contributed by atoms with van der Waals surface area (Å²) in [5, 5.41) is 2.35. The number of thiophene rings is 1. The quantitative estimate of drug-likeness (QED) is 0.392. The molecule has 4 aromatic rings. The number of hydrogen-bond acceptors (Lipinski definition) is 5. The van der Waals surface area contributed by atoms with Crippen molar-refractivity contribution in [3.05, 3.63) is 52.7 Å². The van der Waals surface area contributed by atoms with Crippen molar-refractivity contribution in [2.24, 2.45) is 0 Å². The van der Waals surface area contributed by atoms with E-state index in [0.29, 0.717) is 0 Å². The van der Waals surface area contributed by atoms with Crippen LogP contribution in [0.1, 0.15) is 30.2 Å². The lowest BCUT2D eigenvalue weighted by Crippen LogP contribution is -1.68. The molecule has 0 saturated heterocycles. The predicted octanol–water partition coefficient (Wildman–Crippen LogP) is 6.02. The van der Waals surface area contributed by atoms with Gasteiger partial charge in [0.15, 0.2) is 0 Å². The molecule has 0 aliphatic rings. The Labute approximate surface area is 145 Å². The monoisotopic (exact) mass is 343 g/mol. The van der Waals surface area contributed by atoms with Crippen LogP contribution in [0.5, 0.6) is 0 Å². The number of aromatic nitrogens is 3. The summed E-state index contributed by atoms with van der Waals surface area (Å²) < 4.78 is 1.17. The van der Waals surface area contributed by atoms with Crippen molar-refractivity contribution in [2.45, 2.75) is 34.1 Å². The summed E-state index contributed by atoms with van der Waals surface area (Å²) in [4.78, 5) is 15.0. The van der Waals surface area contributed by atoms with Gasteiger partial charge in [-0.2, -0.15) is 0 Å². The molecule has 0 N–H and O–H groups in total. The Bertz CT molecular complexity index is 727. The Kier molecular flexibility index (Phi) is 6.62. The van der Waals surface area contributed by atoms with E-state index in [0.717, 1.165) is 15.4 Å². The molecule has 5 heteroatoms. The molecule has 3 nitrogen and oxygen atoms in total. The van der Waals surface area contributed by atoms with Crippen LogP contribution in [0.15, 0.2) is 42.9 Å².